The number of ether oxygens (including phenoxy) is 1. The van der Waals surface area contributed by atoms with Gasteiger partial charge in [-0.15, -0.1) is 0 Å². The lowest BCUT2D eigenvalue weighted by atomic mass is 9.97. The number of halogens is 1. The van der Waals surface area contributed by atoms with Gasteiger partial charge in [0.1, 0.15) is 0 Å². The topological polar surface area (TPSA) is 72.5 Å². The van der Waals surface area contributed by atoms with Gasteiger partial charge in [-0.25, -0.2) is 4.79 Å². The van der Waals surface area contributed by atoms with Crippen molar-refractivity contribution < 1.29 is 21.8 Å². The summed E-state index contributed by atoms with van der Waals surface area (Å²) in [7, 11) is -4.76. The summed E-state index contributed by atoms with van der Waals surface area (Å²) in [6.45, 7) is 6.44. The largest absolute Gasteiger partial charge is 0.462 e. The van der Waals surface area contributed by atoms with Crippen LogP contribution in [0, 0.1) is 0 Å². The molecular formula is C9H16FNO4S. The van der Waals surface area contributed by atoms with E-state index < -0.39 is 21.9 Å². The summed E-state index contributed by atoms with van der Waals surface area (Å²) in [4.78, 5) is 10.7. The van der Waals surface area contributed by atoms with E-state index in [1.54, 1.807) is 6.92 Å². The summed E-state index contributed by atoms with van der Waals surface area (Å²) in [6.07, 6.45) is 1.57. The third-order valence-electron chi connectivity index (χ3n) is 2.21. The molecule has 0 aromatic rings. The molecule has 1 N–H and O–H groups in total. The molecule has 0 fully saturated rings. The van der Waals surface area contributed by atoms with Gasteiger partial charge in [0.05, 0.1) is 6.61 Å². The van der Waals surface area contributed by atoms with Crippen LogP contribution in [0.25, 0.3) is 0 Å². The highest BCUT2D eigenvalue weighted by atomic mass is 32.3. The molecule has 1 atom stereocenters. The van der Waals surface area contributed by atoms with Gasteiger partial charge in [-0.1, -0.05) is 17.4 Å². The van der Waals surface area contributed by atoms with Crippen molar-refractivity contribution >= 4 is 16.4 Å². The van der Waals surface area contributed by atoms with Gasteiger partial charge in [-0.05, 0) is 13.3 Å². The summed E-state index contributed by atoms with van der Waals surface area (Å²) in [5, 5.41) is 0. The predicted molar refractivity (Wildman–Crippen MR) is 57.6 cm³/mol. The first-order valence-electron chi connectivity index (χ1n) is 4.75. The van der Waals surface area contributed by atoms with Crippen molar-refractivity contribution in [3.05, 3.63) is 12.7 Å². The Morgan fingerprint density at radius 3 is 2.56 bits per heavy atom. The number of rotatable bonds is 7. The van der Waals surface area contributed by atoms with E-state index in [9.17, 15) is 17.1 Å². The van der Waals surface area contributed by atoms with Crippen molar-refractivity contribution in [3.8, 4) is 0 Å². The monoisotopic (exact) mass is 253 g/mol. The fraction of sp³-hybridized carbons (Fsp3) is 0.667. The molecule has 0 radical (unpaired) electrons. The summed E-state index contributed by atoms with van der Waals surface area (Å²) in [5.74, 6) is -0.596. The highest BCUT2D eigenvalue weighted by molar-refractivity contribution is 7.84. The number of nitrogens with one attached hydrogen (secondary N) is 1. The maximum absolute atomic E-state index is 12.5. The first kappa shape index (κ1) is 15.0. The van der Waals surface area contributed by atoms with Crippen molar-refractivity contribution in [1.82, 2.24) is 4.72 Å². The third kappa shape index (κ3) is 6.52. The second-order valence-corrected chi connectivity index (χ2v) is 4.66. The van der Waals surface area contributed by atoms with Crippen LogP contribution in [0.3, 0.4) is 0 Å². The van der Waals surface area contributed by atoms with E-state index in [2.05, 4.69) is 11.3 Å². The van der Waals surface area contributed by atoms with Crippen LogP contribution in [-0.2, 0) is 19.9 Å². The Kier molecular flexibility index (Phi) is 5.60. The molecule has 0 aromatic carbocycles. The molecular weight excluding hydrogens is 237 g/mol. The normalized spacial score (nSPS) is 15.2. The average molecular weight is 253 g/mol. The summed E-state index contributed by atoms with van der Waals surface area (Å²) in [5.41, 5.74) is -0.963. The van der Waals surface area contributed by atoms with Crippen LogP contribution >= 0.6 is 0 Å². The summed E-state index contributed by atoms with van der Waals surface area (Å²) in [6, 6.07) is 0. The minimum atomic E-state index is -4.76. The molecule has 0 spiro atoms. The van der Waals surface area contributed by atoms with Crippen LogP contribution in [0.2, 0.25) is 0 Å². The first-order chi connectivity index (χ1) is 7.22. The highest BCUT2D eigenvalue weighted by Gasteiger charge is 2.27. The van der Waals surface area contributed by atoms with Crippen molar-refractivity contribution in [2.75, 3.05) is 6.61 Å². The van der Waals surface area contributed by atoms with E-state index in [1.165, 1.54) is 6.92 Å². The zero-order valence-electron chi connectivity index (χ0n) is 9.32. The Balaban J connectivity index is 4.27. The maximum Gasteiger partial charge on any atom is 0.372 e. The zero-order valence-corrected chi connectivity index (χ0v) is 10.1. The lowest BCUT2D eigenvalue weighted by Crippen LogP contribution is -2.44. The lowest BCUT2D eigenvalue weighted by molar-refractivity contribution is -0.138. The Bertz CT molecular complexity index is 355. The zero-order chi connectivity index (χ0) is 12.8. The molecule has 5 nitrogen and oxygen atoms in total. The van der Waals surface area contributed by atoms with Crippen molar-refractivity contribution in [2.24, 2.45) is 0 Å². The Morgan fingerprint density at radius 2 is 2.19 bits per heavy atom. The molecule has 0 bridgehead atoms. The van der Waals surface area contributed by atoms with Gasteiger partial charge in [0, 0.05) is 18.0 Å². The van der Waals surface area contributed by atoms with Crippen LogP contribution in [-0.4, -0.2) is 26.5 Å². The second kappa shape index (κ2) is 5.95. The van der Waals surface area contributed by atoms with Crippen LogP contribution in [0.1, 0.15) is 26.7 Å². The quantitative estimate of drug-likeness (QED) is 0.418. The van der Waals surface area contributed by atoms with Gasteiger partial charge < -0.3 is 4.74 Å². The molecule has 16 heavy (non-hydrogen) atoms. The standard InChI is InChI=1S/C9H16FNO4S/c1-4-8(12)15-7-6-9(3,5-2)11-16(10,13)14/h4,11H,1,5-7H2,2-3H3. The first-order valence-corrected chi connectivity index (χ1v) is 6.13. The number of carbonyl (C=O) groups excluding carboxylic acids is 1. The Morgan fingerprint density at radius 1 is 1.62 bits per heavy atom. The van der Waals surface area contributed by atoms with Gasteiger partial charge in [0.25, 0.3) is 0 Å². The highest BCUT2D eigenvalue weighted by Crippen LogP contribution is 2.16. The van der Waals surface area contributed by atoms with Crippen LogP contribution in [0.5, 0.6) is 0 Å². The molecule has 7 heteroatoms. The fourth-order valence-corrected chi connectivity index (χ4v) is 1.87. The minimum Gasteiger partial charge on any atom is -0.462 e. The molecule has 1 unspecified atom stereocenters. The van der Waals surface area contributed by atoms with Crippen molar-refractivity contribution in [1.29, 1.82) is 0 Å². The van der Waals surface area contributed by atoms with Gasteiger partial charge >= 0.3 is 16.4 Å². The SMILES string of the molecule is C=CC(=O)OCCC(C)(CC)NS(=O)(=O)F. The molecule has 94 valence electrons. The van der Waals surface area contributed by atoms with E-state index in [4.69, 9.17) is 0 Å². The van der Waals surface area contributed by atoms with E-state index in [0.29, 0.717) is 6.42 Å². The van der Waals surface area contributed by atoms with E-state index in [0.717, 1.165) is 6.08 Å². The van der Waals surface area contributed by atoms with E-state index in [1.807, 2.05) is 4.72 Å². The smallest absolute Gasteiger partial charge is 0.372 e. The summed E-state index contributed by atoms with van der Waals surface area (Å²) < 4.78 is 39.9. The molecule has 0 rings (SSSR count). The van der Waals surface area contributed by atoms with Crippen LogP contribution in [0.15, 0.2) is 12.7 Å². The molecule has 0 aliphatic carbocycles. The number of hydrogen-bond acceptors (Lipinski definition) is 4. The molecule has 0 aromatic heterocycles. The van der Waals surface area contributed by atoms with Crippen LogP contribution < -0.4 is 4.72 Å². The van der Waals surface area contributed by atoms with Crippen molar-refractivity contribution in [2.45, 2.75) is 32.2 Å². The Hall–Kier alpha value is -0.950. The predicted octanol–water partition coefficient (Wildman–Crippen LogP) is 1.08. The van der Waals surface area contributed by atoms with E-state index in [-0.39, 0.29) is 13.0 Å². The van der Waals surface area contributed by atoms with Gasteiger partial charge in [-0.2, -0.15) is 13.1 Å². The lowest BCUT2D eigenvalue weighted by Gasteiger charge is -2.26. The molecule has 0 aliphatic rings. The van der Waals surface area contributed by atoms with Crippen molar-refractivity contribution in [3.63, 3.8) is 0 Å². The van der Waals surface area contributed by atoms with E-state index >= 15 is 0 Å². The van der Waals surface area contributed by atoms with Gasteiger partial charge in [0.15, 0.2) is 0 Å². The van der Waals surface area contributed by atoms with Gasteiger partial charge in [-0.3, -0.25) is 0 Å². The van der Waals surface area contributed by atoms with Crippen LogP contribution in [0.4, 0.5) is 3.89 Å². The second-order valence-electron chi connectivity index (χ2n) is 3.58. The third-order valence-corrected chi connectivity index (χ3v) is 2.95. The molecule has 0 aliphatic heterocycles. The molecule has 0 saturated carbocycles. The molecule has 0 saturated heterocycles. The van der Waals surface area contributed by atoms with Gasteiger partial charge in [0.2, 0.25) is 0 Å². The number of esters is 1. The molecule has 0 heterocycles. The maximum atomic E-state index is 12.5. The molecule has 0 amide bonds. The number of hydrogen-bond donors (Lipinski definition) is 1. The Labute approximate surface area is 95.0 Å². The average Bonchev–Trinajstić information content (AvgIpc) is 2.14. The minimum absolute atomic E-state index is 0.00227. The summed E-state index contributed by atoms with van der Waals surface area (Å²) >= 11 is 0. The fourth-order valence-electron chi connectivity index (χ4n) is 1.03. The number of carbonyl (C=O) groups is 1.